The summed E-state index contributed by atoms with van der Waals surface area (Å²) < 4.78 is 55.8. The average Bonchev–Trinajstić information content (AvgIpc) is 3.77. The summed E-state index contributed by atoms with van der Waals surface area (Å²) in [7, 11) is 2.95. The van der Waals surface area contributed by atoms with Gasteiger partial charge in [-0.05, 0) is 86.8 Å². The summed E-state index contributed by atoms with van der Waals surface area (Å²) in [4.78, 5) is 31.4. The fourth-order valence-electron chi connectivity index (χ4n) is 8.53. The molecule has 342 valence electrons. The van der Waals surface area contributed by atoms with Crippen LogP contribution in [0, 0.1) is 11.3 Å². The number of benzene rings is 4. The molecule has 0 aliphatic carbocycles. The second-order valence-corrected chi connectivity index (χ2v) is 17.6. The first-order chi connectivity index (χ1) is 31.5. The van der Waals surface area contributed by atoms with Gasteiger partial charge >= 0.3 is 5.69 Å². The summed E-state index contributed by atoms with van der Waals surface area (Å²) in [5.74, 6) is 0.988. The minimum Gasteiger partial charge on any atom is -0.497 e. The molecule has 6 atom stereocenters. The number of anilines is 1. The number of ether oxygens (including phenoxy) is 6. The van der Waals surface area contributed by atoms with Gasteiger partial charge in [0.05, 0.1) is 46.5 Å². The lowest BCUT2D eigenvalue weighted by molar-refractivity contribution is -0.244. The van der Waals surface area contributed by atoms with Crippen LogP contribution in [0.5, 0.6) is 11.5 Å². The van der Waals surface area contributed by atoms with E-state index < -0.39 is 55.9 Å². The van der Waals surface area contributed by atoms with Gasteiger partial charge in [0, 0.05) is 31.0 Å². The van der Waals surface area contributed by atoms with Gasteiger partial charge in [0.2, 0.25) is 0 Å². The zero-order valence-electron chi connectivity index (χ0n) is 37.7. The molecule has 2 aliphatic rings. The molecule has 2 aliphatic heterocycles. The number of amides is 1. The van der Waals surface area contributed by atoms with Crippen molar-refractivity contribution in [2.24, 2.45) is 0 Å². The summed E-state index contributed by atoms with van der Waals surface area (Å²) >= 11 is 0. The fourth-order valence-corrected chi connectivity index (χ4v) is 10.3. The average molecular weight is 906 g/mol. The van der Waals surface area contributed by atoms with Crippen molar-refractivity contribution in [3.63, 3.8) is 0 Å². The second kappa shape index (κ2) is 21.2. The summed E-state index contributed by atoms with van der Waals surface area (Å²) in [5.41, 5.74) is -0.610. The third kappa shape index (κ3) is 9.87. The molecule has 4 aromatic carbocycles. The van der Waals surface area contributed by atoms with Crippen LogP contribution in [0.2, 0.25) is 0 Å². The van der Waals surface area contributed by atoms with Crippen LogP contribution in [-0.4, -0.2) is 97.3 Å². The Morgan fingerprint density at radius 1 is 0.877 bits per heavy atom. The largest absolute Gasteiger partial charge is 0.497 e. The molecule has 1 amide bonds. The van der Waals surface area contributed by atoms with E-state index in [1.807, 2.05) is 84.9 Å². The van der Waals surface area contributed by atoms with E-state index in [4.69, 9.17) is 37.5 Å². The van der Waals surface area contributed by atoms with Crippen molar-refractivity contribution in [2.75, 3.05) is 46.5 Å². The SMILES string of the molecule is COC[C@H]1O[C@H]2[C@H](n3ccc(NC(=O)c4ccccc4)nc3=O)O[C@]1(COC(c1ccccc1)(c1ccc(OC)cc1)c1ccc(OC)cc1)[C@H]2OP(OCCC#N)N(C(C)C)C(C)C. The molecule has 0 spiro atoms. The Morgan fingerprint density at radius 3 is 2.00 bits per heavy atom. The van der Waals surface area contributed by atoms with Crippen LogP contribution in [0.25, 0.3) is 0 Å². The summed E-state index contributed by atoms with van der Waals surface area (Å²) in [6, 6.07) is 37.6. The van der Waals surface area contributed by atoms with Crippen molar-refractivity contribution >= 4 is 20.3 Å². The Kier molecular flexibility index (Phi) is 15.5. The summed E-state index contributed by atoms with van der Waals surface area (Å²) in [5, 5.41) is 12.2. The zero-order valence-corrected chi connectivity index (χ0v) is 38.6. The number of nitrogens with zero attached hydrogens (tertiary/aromatic N) is 4. The van der Waals surface area contributed by atoms with Crippen LogP contribution in [-0.2, 0) is 33.6 Å². The van der Waals surface area contributed by atoms with E-state index in [0.717, 1.165) is 16.7 Å². The van der Waals surface area contributed by atoms with Crippen molar-refractivity contribution in [1.29, 1.82) is 5.26 Å². The Morgan fingerprint density at radius 2 is 1.46 bits per heavy atom. The molecule has 2 saturated heterocycles. The number of hydrogen-bond acceptors (Lipinski definition) is 13. The highest BCUT2D eigenvalue weighted by Crippen LogP contribution is 2.58. The monoisotopic (exact) mass is 905 g/mol. The first-order valence-corrected chi connectivity index (χ1v) is 22.6. The first-order valence-electron chi connectivity index (χ1n) is 21.5. The van der Waals surface area contributed by atoms with Crippen LogP contribution in [0.15, 0.2) is 126 Å². The first kappa shape index (κ1) is 47.4. The van der Waals surface area contributed by atoms with Gasteiger partial charge in [0.15, 0.2) is 11.8 Å². The van der Waals surface area contributed by atoms with Gasteiger partial charge in [-0.25, -0.2) is 9.46 Å². The van der Waals surface area contributed by atoms with E-state index in [9.17, 15) is 14.9 Å². The van der Waals surface area contributed by atoms with Crippen molar-refractivity contribution in [2.45, 2.75) is 81.9 Å². The Bertz CT molecular complexity index is 2380. The molecule has 1 N–H and O–H groups in total. The molecule has 2 bridgehead atoms. The number of carbonyl (C=O) groups excluding carboxylic acids is 1. The number of hydrogen-bond donors (Lipinski definition) is 1. The van der Waals surface area contributed by atoms with E-state index >= 15 is 0 Å². The molecule has 0 saturated carbocycles. The Hall–Kier alpha value is -5.53. The van der Waals surface area contributed by atoms with Gasteiger partial charge in [0.25, 0.3) is 14.4 Å². The van der Waals surface area contributed by atoms with E-state index in [2.05, 4.69) is 48.7 Å². The topological polar surface area (TPSA) is 165 Å². The molecule has 1 unspecified atom stereocenters. The van der Waals surface area contributed by atoms with E-state index in [0.29, 0.717) is 17.1 Å². The minimum atomic E-state index is -1.87. The molecule has 65 heavy (non-hydrogen) atoms. The number of aromatic nitrogens is 2. The number of fused-ring (bicyclic) bond motifs is 2. The van der Waals surface area contributed by atoms with Gasteiger partial charge in [-0.2, -0.15) is 10.2 Å². The molecule has 15 nitrogen and oxygen atoms in total. The molecule has 3 heterocycles. The molecular weight excluding hydrogens is 850 g/mol. The number of nitrogens with one attached hydrogen (secondary N) is 1. The van der Waals surface area contributed by atoms with Crippen LogP contribution < -0.4 is 20.5 Å². The van der Waals surface area contributed by atoms with Crippen molar-refractivity contribution < 1.29 is 42.3 Å². The maximum Gasteiger partial charge on any atom is 0.351 e. The number of rotatable bonds is 21. The third-order valence-corrected chi connectivity index (χ3v) is 13.6. The van der Waals surface area contributed by atoms with Crippen LogP contribution in [0.1, 0.15) is 67.4 Å². The highest BCUT2D eigenvalue weighted by Gasteiger charge is 2.70. The molecule has 5 aromatic rings. The standard InChI is InChI=1S/C49H56N5O10P/c1-33(2)54(34(3)4)65(61-30-14-28-50)64-44-43-46(53-29-27-42(52-47(53)56)51-45(55)35-15-10-8-11-16-35)63-48(44,41(62-43)31-57-5)32-60-49(36-17-12-9-13-18-36,37-19-23-39(58-6)24-20-37)38-21-25-40(59-7)26-22-38/h8-13,15-27,29,33-34,41,43-44,46H,14,30-32H2,1-7H3,(H,51,52,55,56)/t41-,43-,44+,46-,48+,65?/m1/s1. The van der Waals surface area contributed by atoms with Crippen molar-refractivity contribution in [3.8, 4) is 17.6 Å². The smallest absolute Gasteiger partial charge is 0.351 e. The quantitative estimate of drug-likeness (QED) is 0.0430. The Balaban J connectivity index is 1.37. The lowest BCUT2D eigenvalue weighted by atomic mass is 9.79. The third-order valence-electron chi connectivity index (χ3n) is 11.5. The van der Waals surface area contributed by atoms with Crippen LogP contribution in [0.3, 0.4) is 0 Å². The lowest BCUT2D eigenvalue weighted by Gasteiger charge is -2.43. The summed E-state index contributed by atoms with van der Waals surface area (Å²) in [6.07, 6.45) is -2.02. The zero-order chi connectivity index (χ0) is 46.1. The Labute approximate surface area is 381 Å². The molecule has 2 fully saturated rings. The van der Waals surface area contributed by atoms with Crippen molar-refractivity contribution in [1.82, 2.24) is 14.2 Å². The molecule has 7 rings (SSSR count). The highest BCUT2D eigenvalue weighted by atomic mass is 31.2. The maximum atomic E-state index is 14.1. The van der Waals surface area contributed by atoms with E-state index in [-0.39, 0.29) is 44.1 Å². The van der Waals surface area contributed by atoms with Crippen LogP contribution in [0.4, 0.5) is 5.82 Å². The van der Waals surface area contributed by atoms with Crippen LogP contribution >= 0.6 is 8.53 Å². The van der Waals surface area contributed by atoms with Crippen molar-refractivity contribution in [3.05, 3.63) is 154 Å². The highest BCUT2D eigenvalue weighted by molar-refractivity contribution is 7.44. The number of nitriles is 1. The number of methoxy groups -OCH3 is 3. The molecule has 16 heteroatoms. The fraction of sp³-hybridized carbons (Fsp3) is 0.388. The van der Waals surface area contributed by atoms with Gasteiger partial charge in [-0.15, -0.1) is 0 Å². The molecule has 1 aromatic heterocycles. The van der Waals surface area contributed by atoms with E-state index in [1.54, 1.807) is 45.6 Å². The normalized spacial score (nSPS) is 20.8. The van der Waals surface area contributed by atoms with Gasteiger partial charge in [-0.3, -0.25) is 9.36 Å². The lowest BCUT2D eigenvalue weighted by Crippen LogP contribution is -2.55. The summed E-state index contributed by atoms with van der Waals surface area (Å²) in [6.45, 7) is 8.27. The predicted molar refractivity (Wildman–Crippen MR) is 245 cm³/mol. The van der Waals surface area contributed by atoms with E-state index in [1.165, 1.54) is 16.8 Å². The van der Waals surface area contributed by atoms with Gasteiger partial charge in [0.1, 0.15) is 41.2 Å². The number of carbonyl (C=O) groups is 1. The predicted octanol–water partition coefficient (Wildman–Crippen LogP) is 7.86. The minimum absolute atomic E-state index is 0.0248. The maximum absolute atomic E-state index is 14.1. The van der Waals surface area contributed by atoms with Gasteiger partial charge < -0.3 is 42.8 Å². The second-order valence-electron chi connectivity index (χ2n) is 16.2. The van der Waals surface area contributed by atoms with Gasteiger partial charge in [-0.1, -0.05) is 72.8 Å². The molecular formula is C49H56N5O10P. The molecule has 0 radical (unpaired) electrons.